The Kier molecular flexibility index (Phi) is 8.18. The second-order valence-electron chi connectivity index (χ2n) is 8.00. The van der Waals surface area contributed by atoms with Crippen molar-refractivity contribution in [2.45, 2.75) is 51.7 Å². The van der Waals surface area contributed by atoms with Crippen LogP contribution in [0.4, 0.5) is 0 Å². The Hall–Kier alpha value is -1.11. The van der Waals surface area contributed by atoms with Gasteiger partial charge in [0.05, 0.1) is 6.61 Å². The Balaban J connectivity index is 0.00000109. The Morgan fingerprint density at radius 2 is 1.86 bits per heavy atom. The third-order valence-corrected chi connectivity index (χ3v) is 5.67. The SMILES string of the molecule is CI.C[C@H](N)c1ccc(CN2CCc3cc(OCCC4CC4)ccc3C2)cc1. The van der Waals surface area contributed by atoms with Gasteiger partial charge < -0.3 is 10.5 Å². The molecule has 0 unspecified atom stereocenters. The number of benzene rings is 2. The van der Waals surface area contributed by atoms with E-state index >= 15 is 0 Å². The topological polar surface area (TPSA) is 38.5 Å². The summed E-state index contributed by atoms with van der Waals surface area (Å²) in [6.45, 7) is 6.02. The molecule has 2 aliphatic rings. The fraction of sp³-hybridized carbons (Fsp3) is 0.500. The smallest absolute Gasteiger partial charge is 0.119 e. The van der Waals surface area contributed by atoms with Crippen LogP contribution in [0.3, 0.4) is 0 Å². The first-order valence-electron chi connectivity index (χ1n) is 10.4. The van der Waals surface area contributed by atoms with Crippen molar-refractivity contribution in [3.63, 3.8) is 0 Å². The minimum atomic E-state index is 0.103. The van der Waals surface area contributed by atoms with E-state index in [0.717, 1.165) is 44.3 Å². The number of rotatable bonds is 7. The van der Waals surface area contributed by atoms with Crippen LogP contribution in [0, 0.1) is 5.92 Å². The molecule has 4 rings (SSSR count). The predicted molar refractivity (Wildman–Crippen MR) is 126 cm³/mol. The summed E-state index contributed by atoms with van der Waals surface area (Å²) in [5.74, 6) is 1.98. The summed E-state index contributed by atoms with van der Waals surface area (Å²) >= 11 is 2.15. The molecule has 28 heavy (non-hydrogen) atoms. The van der Waals surface area contributed by atoms with Gasteiger partial charge in [-0.25, -0.2) is 0 Å². The fourth-order valence-corrected chi connectivity index (χ4v) is 3.75. The zero-order chi connectivity index (χ0) is 19.9. The number of hydrogen-bond donors (Lipinski definition) is 1. The van der Waals surface area contributed by atoms with Crippen LogP contribution in [0.5, 0.6) is 5.75 Å². The maximum atomic E-state index is 5.95. The molecule has 2 N–H and O–H groups in total. The Labute approximate surface area is 183 Å². The maximum Gasteiger partial charge on any atom is 0.119 e. The van der Waals surface area contributed by atoms with E-state index in [1.165, 1.54) is 41.5 Å². The Morgan fingerprint density at radius 3 is 2.54 bits per heavy atom. The highest BCUT2D eigenvalue weighted by molar-refractivity contribution is 14.1. The molecular weight excluding hydrogens is 459 g/mol. The van der Waals surface area contributed by atoms with E-state index in [-0.39, 0.29) is 6.04 Å². The van der Waals surface area contributed by atoms with Gasteiger partial charge in [0.2, 0.25) is 0 Å². The molecule has 1 atom stereocenters. The van der Waals surface area contributed by atoms with Crippen LogP contribution in [-0.2, 0) is 19.5 Å². The fourth-order valence-electron chi connectivity index (χ4n) is 3.75. The molecule has 1 saturated carbocycles. The van der Waals surface area contributed by atoms with E-state index in [2.05, 4.69) is 70.0 Å². The lowest BCUT2D eigenvalue weighted by Crippen LogP contribution is -2.30. The lowest BCUT2D eigenvalue weighted by molar-refractivity contribution is 0.244. The average molecular weight is 492 g/mol. The number of nitrogens with zero attached hydrogens (tertiary/aromatic N) is 1. The monoisotopic (exact) mass is 492 g/mol. The van der Waals surface area contributed by atoms with Gasteiger partial charge in [-0.2, -0.15) is 0 Å². The van der Waals surface area contributed by atoms with Crippen molar-refractivity contribution in [2.24, 2.45) is 11.7 Å². The molecule has 4 heteroatoms. The molecule has 0 amide bonds. The molecule has 152 valence electrons. The molecule has 0 radical (unpaired) electrons. The van der Waals surface area contributed by atoms with Gasteiger partial charge in [0.1, 0.15) is 5.75 Å². The summed E-state index contributed by atoms with van der Waals surface area (Å²) in [5.41, 5.74) is 11.4. The number of nitrogens with two attached hydrogens (primary N) is 1. The van der Waals surface area contributed by atoms with Gasteiger partial charge in [-0.3, -0.25) is 4.90 Å². The molecule has 1 aliphatic heterocycles. The van der Waals surface area contributed by atoms with E-state index in [1.54, 1.807) is 0 Å². The van der Waals surface area contributed by atoms with Crippen LogP contribution in [-0.4, -0.2) is 23.0 Å². The maximum absolute atomic E-state index is 5.95. The standard InChI is InChI=1S/C23H30N2O.CH3I/c1-17(24)20-6-4-19(5-7-20)15-25-12-10-21-14-23(9-8-22(21)16-25)26-13-11-18-2-3-18;1-2/h4-9,14,17-18H,2-3,10-13,15-16,24H2,1H3;1H3/t17-;/m0./s1. The lowest BCUT2D eigenvalue weighted by atomic mass is 9.98. The molecule has 0 spiro atoms. The lowest BCUT2D eigenvalue weighted by Gasteiger charge is -2.29. The highest BCUT2D eigenvalue weighted by atomic mass is 127. The molecule has 1 heterocycles. The van der Waals surface area contributed by atoms with Crippen molar-refractivity contribution in [3.8, 4) is 5.75 Å². The first kappa shape index (κ1) is 21.6. The van der Waals surface area contributed by atoms with Crippen molar-refractivity contribution in [2.75, 3.05) is 18.1 Å². The second-order valence-corrected chi connectivity index (χ2v) is 8.00. The van der Waals surface area contributed by atoms with Crippen LogP contribution in [0.2, 0.25) is 0 Å². The van der Waals surface area contributed by atoms with E-state index in [9.17, 15) is 0 Å². The summed E-state index contributed by atoms with van der Waals surface area (Å²) in [6, 6.07) is 15.5. The van der Waals surface area contributed by atoms with Crippen molar-refractivity contribution in [1.82, 2.24) is 4.90 Å². The molecule has 0 aromatic heterocycles. The molecule has 2 aromatic rings. The predicted octanol–water partition coefficient (Wildman–Crippen LogP) is 5.49. The highest BCUT2D eigenvalue weighted by Gasteiger charge is 2.21. The van der Waals surface area contributed by atoms with Gasteiger partial charge in [-0.15, -0.1) is 0 Å². The third kappa shape index (κ3) is 6.19. The zero-order valence-electron chi connectivity index (χ0n) is 17.2. The molecule has 3 nitrogen and oxygen atoms in total. The number of halogens is 1. The summed E-state index contributed by atoms with van der Waals surface area (Å²) in [4.78, 5) is 4.49. The number of fused-ring (bicyclic) bond motifs is 1. The molecule has 1 fully saturated rings. The van der Waals surface area contributed by atoms with Crippen molar-refractivity contribution < 1.29 is 4.74 Å². The Bertz CT molecular complexity index is 741. The molecule has 2 aromatic carbocycles. The third-order valence-electron chi connectivity index (χ3n) is 5.67. The minimum absolute atomic E-state index is 0.103. The van der Waals surface area contributed by atoms with E-state index in [4.69, 9.17) is 10.5 Å². The summed E-state index contributed by atoms with van der Waals surface area (Å²) in [5, 5.41) is 0. The Morgan fingerprint density at radius 1 is 1.11 bits per heavy atom. The van der Waals surface area contributed by atoms with E-state index in [0.29, 0.717) is 0 Å². The first-order valence-corrected chi connectivity index (χ1v) is 12.5. The number of hydrogen-bond acceptors (Lipinski definition) is 3. The largest absolute Gasteiger partial charge is 0.494 e. The van der Waals surface area contributed by atoms with E-state index < -0.39 is 0 Å². The summed E-state index contributed by atoms with van der Waals surface area (Å²) in [7, 11) is 0. The van der Waals surface area contributed by atoms with Gasteiger partial charge >= 0.3 is 0 Å². The second kappa shape index (κ2) is 10.6. The van der Waals surface area contributed by atoms with Gasteiger partial charge in [-0.05, 0) is 65.0 Å². The normalized spacial score (nSPS) is 17.3. The quantitative estimate of drug-likeness (QED) is 0.410. The van der Waals surface area contributed by atoms with Gasteiger partial charge in [-0.1, -0.05) is 65.8 Å². The summed E-state index contributed by atoms with van der Waals surface area (Å²) < 4.78 is 5.95. The number of alkyl halides is 1. The molecule has 0 bridgehead atoms. The minimum Gasteiger partial charge on any atom is -0.494 e. The van der Waals surface area contributed by atoms with Crippen LogP contribution >= 0.6 is 22.6 Å². The van der Waals surface area contributed by atoms with Crippen LogP contribution in [0.25, 0.3) is 0 Å². The molecule has 0 saturated heterocycles. The van der Waals surface area contributed by atoms with Gasteiger partial charge in [0.25, 0.3) is 0 Å². The van der Waals surface area contributed by atoms with Crippen LogP contribution in [0.1, 0.15) is 54.5 Å². The van der Waals surface area contributed by atoms with Crippen LogP contribution < -0.4 is 10.5 Å². The van der Waals surface area contributed by atoms with E-state index in [1.807, 2.05) is 11.9 Å². The molecule has 1 aliphatic carbocycles. The number of ether oxygens (including phenoxy) is 1. The summed E-state index contributed by atoms with van der Waals surface area (Å²) in [6.07, 6.45) is 5.12. The van der Waals surface area contributed by atoms with Crippen molar-refractivity contribution in [1.29, 1.82) is 0 Å². The van der Waals surface area contributed by atoms with Gasteiger partial charge in [0.15, 0.2) is 0 Å². The van der Waals surface area contributed by atoms with Gasteiger partial charge in [0, 0.05) is 25.7 Å². The molecular formula is C24H33IN2O. The first-order chi connectivity index (χ1) is 13.7. The van der Waals surface area contributed by atoms with Crippen molar-refractivity contribution in [3.05, 3.63) is 64.7 Å². The van der Waals surface area contributed by atoms with Crippen molar-refractivity contribution >= 4 is 22.6 Å². The zero-order valence-corrected chi connectivity index (χ0v) is 19.3. The average Bonchev–Trinajstić information content (AvgIpc) is 3.54. The van der Waals surface area contributed by atoms with Crippen LogP contribution in [0.15, 0.2) is 42.5 Å². The highest BCUT2D eigenvalue weighted by Crippen LogP contribution is 2.32.